The van der Waals surface area contributed by atoms with Crippen LogP contribution >= 0.6 is 24.8 Å². The second-order valence-electron chi connectivity index (χ2n) is 12.5. The minimum atomic E-state index is 0. The molecule has 0 spiro atoms. The Morgan fingerprint density at radius 1 is 0.604 bits per heavy atom. The van der Waals surface area contributed by atoms with E-state index in [0.717, 1.165) is 24.7 Å². The van der Waals surface area contributed by atoms with Crippen LogP contribution in [0.4, 0.5) is 0 Å². The monoisotopic (exact) mass is 752 g/mol. The predicted octanol–water partition coefficient (Wildman–Crippen LogP) is 13.3. The van der Waals surface area contributed by atoms with Gasteiger partial charge in [0, 0.05) is 0 Å². The summed E-state index contributed by atoms with van der Waals surface area (Å²) in [5, 5.41) is 0. The third kappa shape index (κ3) is 13.2. The maximum Gasteiger partial charge on any atom is -0.0195 e. The Bertz CT molecular complexity index is 1470. The summed E-state index contributed by atoms with van der Waals surface area (Å²) in [4.78, 5) is 0. The molecule has 0 N–H and O–H groups in total. The van der Waals surface area contributed by atoms with Gasteiger partial charge in [-0.2, -0.15) is 17.9 Å². The molecule has 2 fully saturated rings. The molecule has 2 saturated carbocycles. The molecule has 0 radical (unpaired) electrons. The molecule has 0 heterocycles. The van der Waals surface area contributed by atoms with Crippen LogP contribution < -0.4 is 0 Å². The number of hydrogen-bond acceptors (Lipinski definition) is 0. The van der Waals surface area contributed by atoms with Gasteiger partial charge in [-0.05, 0) is 12.0 Å². The summed E-state index contributed by atoms with van der Waals surface area (Å²) in [6, 6.07) is 36.1. The van der Waals surface area contributed by atoms with E-state index >= 15 is 0 Å². The zero-order valence-corrected chi connectivity index (χ0v) is 32.6. The topological polar surface area (TPSA) is 0 Å². The van der Waals surface area contributed by atoms with Crippen LogP contribution in [0.5, 0.6) is 0 Å². The van der Waals surface area contributed by atoms with Gasteiger partial charge in [0.1, 0.15) is 0 Å². The second kappa shape index (κ2) is 23.9. The fourth-order valence-corrected chi connectivity index (χ4v) is 6.49. The summed E-state index contributed by atoms with van der Waals surface area (Å²) < 4.78 is 3.34. The average molecular weight is 755 g/mol. The van der Waals surface area contributed by atoms with Crippen LogP contribution in [-0.4, -0.2) is 4.21 Å². The third-order valence-corrected chi connectivity index (χ3v) is 9.02. The number of fused-ring (bicyclic) bond motifs is 3. The van der Waals surface area contributed by atoms with Crippen molar-refractivity contribution in [3.63, 3.8) is 0 Å². The van der Waals surface area contributed by atoms with Crippen molar-refractivity contribution in [2.45, 2.75) is 77.0 Å². The van der Waals surface area contributed by atoms with Gasteiger partial charge >= 0.3 is 28.4 Å². The van der Waals surface area contributed by atoms with E-state index in [0.29, 0.717) is 0 Å². The fourth-order valence-electron chi connectivity index (χ4n) is 6.49. The van der Waals surface area contributed by atoms with Crippen molar-refractivity contribution in [1.82, 2.24) is 0 Å². The van der Waals surface area contributed by atoms with Gasteiger partial charge in [-0.15, -0.1) is 60.1 Å². The first kappa shape index (κ1) is 41.9. The van der Waals surface area contributed by atoms with E-state index in [4.69, 9.17) is 0 Å². The van der Waals surface area contributed by atoms with Crippen molar-refractivity contribution in [2.24, 2.45) is 11.8 Å². The number of allylic oxidation sites excluding steroid dienone is 4. The first-order valence-electron chi connectivity index (χ1n) is 17.2. The molecule has 48 heavy (non-hydrogen) atoms. The predicted molar refractivity (Wildman–Crippen MR) is 211 cm³/mol. The van der Waals surface area contributed by atoms with Gasteiger partial charge < -0.3 is 13.8 Å². The van der Waals surface area contributed by atoms with Crippen LogP contribution in [0, 0.1) is 37.8 Å². The molecular weight excluding hydrogens is 703 g/mol. The molecule has 4 aliphatic rings. The maximum absolute atomic E-state index is 4.00. The molecule has 0 saturated heterocycles. The molecule has 4 aromatic rings. The van der Waals surface area contributed by atoms with Crippen molar-refractivity contribution < 1.29 is 24.2 Å². The van der Waals surface area contributed by atoms with E-state index in [1.54, 1.807) is 0 Å². The van der Waals surface area contributed by atoms with Crippen LogP contribution in [0.25, 0.3) is 33.4 Å². The van der Waals surface area contributed by atoms with Crippen LogP contribution in [0.1, 0.15) is 81.8 Å². The molecule has 4 aromatic carbocycles. The molecule has 8 rings (SSSR count). The quantitative estimate of drug-likeness (QED) is 0.157. The average Bonchev–Trinajstić information content (AvgIpc) is 3.83. The molecule has 0 unspecified atom stereocenters. The zero-order valence-electron chi connectivity index (χ0n) is 28.5. The van der Waals surface area contributed by atoms with Crippen LogP contribution in [0.2, 0.25) is 0 Å². The van der Waals surface area contributed by atoms with Crippen LogP contribution in [0.3, 0.4) is 0 Å². The fraction of sp³-hybridized carbons (Fsp3) is 0.311. The molecule has 0 atom stereocenters. The van der Waals surface area contributed by atoms with Crippen LogP contribution in [-0.2, 0) is 30.7 Å². The van der Waals surface area contributed by atoms with E-state index in [1.807, 2.05) is 12.2 Å². The largest absolute Gasteiger partial charge is 0.138 e. The number of hydrogen-bond donors (Lipinski definition) is 0. The van der Waals surface area contributed by atoms with Gasteiger partial charge in [-0.3, -0.25) is 6.08 Å². The summed E-state index contributed by atoms with van der Waals surface area (Å²) in [6.07, 6.45) is 25.1. The molecule has 0 amide bonds. The summed E-state index contributed by atoms with van der Waals surface area (Å²) in [5.41, 5.74) is 10.3. The van der Waals surface area contributed by atoms with Crippen molar-refractivity contribution in [3.8, 4) is 33.4 Å². The van der Waals surface area contributed by atoms with E-state index < -0.39 is 0 Å². The summed E-state index contributed by atoms with van der Waals surface area (Å²) in [5.74, 6) is 1.57. The minimum Gasteiger partial charge on any atom is -0.138 e. The van der Waals surface area contributed by atoms with Crippen molar-refractivity contribution in [1.29, 1.82) is 0 Å². The second-order valence-corrected chi connectivity index (χ2v) is 12.5. The zero-order chi connectivity index (χ0) is 32.4. The maximum atomic E-state index is 4.00. The normalized spacial score (nSPS) is 15.4. The summed E-state index contributed by atoms with van der Waals surface area (Å²) in [7, 11) is 0. The number of rotatable bonds is 2. The molecule has 0 bridgehead atoms. The molecule has 0 aliphatic heterocycles. The number of halogens is 2. The minimum absolute atomic E-state index is 0. The van der Waals surface area contributed by atoms with Gasteiger partial charge in [0.05, 0.1) is 0 Å². The smallest absolute Gasteiger partial charge is 0.0195 e. The number of benzene rings is 4. The van der Waals surface area contributed by atoms with Crippen LogP contribution in [0.15, 0.2) is 109 Å². The van der Waals surface area contributed by atoms with Crippen molar-refractivity contribution in [2.75, 3.05) is 0 Å². The van der Waals surface area contributed by atoms with Gasteiger partial charge in [0.15, 0.2) is 0 Å². The Morgan fingerprint density at radius 2 is 1.12 bits per heavy atom. The van der Waals surface area contributed by atoms with Crippen molar-refractivity contribution in [3.05, 3.63) is 146 Å². The Labute approximate surface area is 319 Å². The summed E-state index contributed by atoms with van der Waals surface area (Å²) in [6.45, 7) is 8.00. The van der Waals surface area contributed by atoms with Gasteiger partial charge in [-0.25, -0.2) is 12.2 Å². The Kier molecular flexibility index (Phi) is 20.9. The first-order valence-corrected chi connectivity index (χ1v) is 18.9. The molecular formula is C45H52Cl2Zr-4. The van der Waals surface area contributed by atoms with E-state index in [1.165, 1.54) is 133 Å². The Balaban J connectivity index is 0.000000284. The molecule has 254 valence electrons. The Morgan fingerprint density at radius 3 is 1.58 bits per heavy atom. The van der Waals surface area contributed by atoms with E-state index in [9.17, 15) is 0 Å². The SMILES string of the molecule is Cl.Cl.[C-]1=CC=CC1.[CH2-]C1CCCCC1.[CH2-]C1CCCCC1.[CH2]=[Zr].[c-]1c2c(cc(-c3ccccc3)c1-c1ccccc1)-c1ccccc1C2. The standard InChI is InChI=1S/C25H17.2C7H13.C5H5.CH2.2ClH.Zr/c1-3-9-18(10-4-1)23-16-21-15-20-13-7-8-14-22(20)25(21)17-24(23)19-11-5-2-6-12-19;2*1-7-5-3-2-4-6-7;1-2-4-5-3-1;;;;/h1-14,17H,15H2;2*7H,1-6H2;1-3H,4H2;1H2;2*1H;/q4*-1;;;;. The molecule has 3 heteroatoms. The third-order valence-electron chi connectivity index (χ3n) is 9.02. The van der Waals surface area contributed by atoms with E-state index in [-0.39, 0.29) is 24.8 Å². The molecule has 0 nitrogen and oxygen atoms in total. The molecule has 0 aromatic heterocycles. The first-order chi connectivity index (χ1) is 22.7. The Hall–Kier alpha value is -2.31. The van der Waals surface area contributed by atoms with Gasteiger partial charge in [-0.1, -0.05) is 171 Å². The van der Waals surface area contributed by atoms with Gasteiger partial charge in [0.2, 0.25) is 0 Å². The molecule has 4 aliphatic carbocycles. The van der Waals surface area contributed by atoms with Gasteiger partial charge in [0.25, 0.3) is 0 Å². The van der Waals surface area contributed by atoms with E-state index in [2.05, 4.69) is 127 Å². The summed E-state index contributed by atoms with van der Waals surface area (Å²) >= 11 is 1.30. The van der Waals surface area contributed by atoms with Crippen molar-refractivity contribution >= 4 is 29.0 Å².